The van der Waals surface area contributed by atoms with Crippen LogP contribution in [0, 0.1) is 17.8 Å². The largest absolute Gasteiger partial charge is 0.467 e. The number of carbonyl (C=O) groups excluding carboxylic acids is 2. The summed E-state index contributed by atoms with van der Waals surface area (Å²) >= 11 is 0. The van der Waals surface area contributed by atoms with E-state index < -0.39 is 5.72 Å². The van der Waals surface area contributed by atoms with Gasteiger partial charge in [-0.25, -0.2) is 0 Å². The highest BCUT2D eigenvalue weighted by atomic mass is 16.5. The Kier molecular flexibility index (Phi) is 5.67. The summed E-state index contributed by atoms with van der Waals surface area (Å²) in [6.45, 7) is 5.33. The Morgan fingerprint density at radius 1 is 1.26 bits per heavy atom. The highest BCUT2D eigenvalue weighted by molar-refractivity contribution is 5.98. The Bertz CT molecular complexity index is 843. The smallest absolute Gasteiger partial charge is 0.258 e. The van der Waals surface area contributed by atoms with Crippen LogP contribution in [-0.2, 0) is 4.79 Å². The molecule has 3 saturated carbocycles. The van der Waals surface area contributed by atoms with Crippen LogP contribution >= 0.6 is 0 Å². The normalized spacial score (nSPS) is 34.7. The highest BCUT2D eigenvalue weighted by Crippen LogP contribution is 2.52. The molecule has 1 aromatic carbocycles. The average Bonchev–Trinajstić information content (AvgIpc) is 2.78. The van der Waals surface area contributed by atoms with Crippen LogP contribution in [0.5, 0.6) is 5.75 Å². The zero-order valence-corrected chi connectivity index (χ0v) is 18.6. The van der Waals surface area contributed by atoms with Crippen molar-refractivity contribution in [2.24, 2.45) is 17.8 Å². The first kappa shape index (κ1) is 20.8. The minimum absolute atomic E-state index is 0.0379. The Balaban J connectivity index is 1.16. The van der Waals surface area contributed by atoms with Crippen LogP contribution in [0.2, 0.25) is 0 Å². The van der Waals surface area contributed by atoms with Gasteiger partial charge in [-0.2, -0.15) is 0 Å². The van der Waals surface area contributed by atoms with Gasteiger partial charge in [-0.1, -0.05) is 18.6 Å². The first-order valence-electron chi connectivity index (χ1n) is 12.2. The number of amides is 2. The van der Waals surface area contributed by atoms with Crippen LogP contribution in [0.25, 0.3) is 0 Å². The van der Waals surface area contributed by atoms with Crippen LogP contribution < -0.4 is 15.4 Å². The van der Waals surface area contributed by atoms with Gasteiger partial charge in [-0.15, -0.1) is 0 Å². The van der Waals surface area contributed by atoms with Crippen molar-refractivity contribution in [1.29, 1.82) is 0 Å². The van der Waals surface area contributed by atoms with Gasteiger partial charge in [0.15, 0.2) is 5.72 Å². The third-order valence-corrected chi connectivity index (χ3v) is 8.17. The van der Waals surface area contributed by atoms with Gasteiger partial charge < -0.3 is 20.3 Å². The van der Waals surface area contributed by atoms with Crippen LogP contribution in [0.4, 0.5) is 0 Å². The molecule has 6 nitrogen and oxygen atoms in total. The molecule has 6 rings (SSSR count). The molecule has 2 bridgehead atoms. The van der Waals surface area contributed by atoms with E-state index in [9.17, 15) is 9.59 Å². The molecule has 3 aliphatic carbocycles. The van der Waals surface area contributed by atoms with Crippen molar-refractivity contribution >= 4 is 11.8 Å². The zero-order valence-electron chi connectivity index (χ0n) is 18.6. The number of fused-ring (bicyclic) bond motifs is 3. The summed E-state index contributed by atoms with van der Waals surface area (Å²) in [6, 6.07) is 8.13. The van der Waals surface area contributed by atoms with Gasteiger partial charge in [0.1, 0.15) is 5.75 Å². The number of carbonyl (C=O) groups is 2. The number of hydrogen-bond acceptors (Lipinski definition) is 4. The maximum absolute atomic E-state index is 13.0. The van der Waals surface area contributed by atoms with Gasteiger partial charge in [0.25, 0.3) is 5.91 Å². The van der Waals surface area contributed by atoms with E-state index in [2.05, 4.69) is 22.5 Å². The zero-order chi connectivity index (χ0) is 21.4. The molecule has 2 aliphatic heterocycles. The van der Waals surface area contributed by atoms with E-state index in [0.29, 0.717) is 17.4 Å². The molecule has 2 amide bonds. The molecule has 0 radical (unpaired) electrons. The van der Waals surface area contributed by atoms with Crippen molar-refractivity contribution < 1.29 is 14.3 Å². The summed E-state index contributed by atoms with van der Waals surface area (Å²) in [6.07, 6.45) is 8.51. The molecule has 1 aromatic rings. The van der Waals surface area contributed by atoms with Gasteiger partial charge in [0.05, 0.1) is 5.56 Å². The van der Waals surface area contributed by atoms with Crippen molar-refractivity contribution in [1.82, 2.24) is 15.5 Å². The first-order valence-corrected chi connectivity index (χ1v) is 12.2. The molecule has 1 saturated heterocycles. The van der Waals surface area contributed by atoms with Crippen LogP contribution in [-0.4, -0.2) is 48.1 Å². The van der Waals surface area contributed by atoms with Crippen molar-refractivity contribution in [2.45, 2.75) is 70.1 Å². The Hall–Kier alpha value is -2.08. The quantitative estimate of drug-likeness (QED) is 0.710. The van der Waals surface area contributed by atoms with Gasteiger partial charge in [0.2, 0.25) is 5.91 Å². The number of hydrogen-bond donors (Lipinski definition) is 2. The first-order chi connectivity index (χ1) is 15.1. The predicted octanol–water partition coefficient (Wildman–Crippen LogP) is 3.32. The van der Waals surface area contributed by atoms with E-state index in [-0.39, 0.29) is 29.6 Å². The molecule has 168 valence electrons. The second-order valence-corrected chi connectivity index (χ2v) is 10.0. The third-order valence-electron chi connectivity index (χ3n) is 8.17. The summed E-state index contributed by atoms with van der Waals surface area (Å²) in [5.74, 6) is 1.29. The Labute approximate surface area is 185 Å². The number of nitrogens with one attached hydrogen (secondary N) is 2. The molecule has 6 heteroatoms. The lowest BCUT2D eigenvalue weighted by molar-refractivity contribution is -0.146. The molecule has 5 atom stereocenters. The maximum atomic E-state index is 13.0. The van der Waals surface area contributed by atoms with Crippen LogP contribution in [0.1, 0.15) is 68.6 Å². The monoisotopic (exact) mass is 425 g/mol. The molecule has 1 spiro atoms. The van der Waals surface area contributed by atoms with Crippen LogP contribution in [0.15, 0.2) is 24.3 Å². The summed E-state index contributed by atoms with van der Waals surface area (Å²) in [5, 5.41) is 6.39. The second-order valence-electron chi connectivity index (χ2n) is 10.0. The Morgan fingerprint density at radius 2 is 2.13 bits per heavy atom. The number of para-hydroxylation sites is 1. The molecule has 2 heterocycles. The standard InChI is InChI=1S/C25H35N3O3/c1-17-7-4-5-13-28(17)14-6-12-26-23(29)21-15-19-11-10-18(21)16-25(19)27-24(30)20-8-2-3-9-22(20)31-25/h2-3,8-9,17-19,21H,4-7,10-16H2,1H3,(H,26,29)(H,27,30)/t17-,18-,19+,21-,25+/m1/s1. The van der Waals surface area contributed by atoms with Crippen molar-refractivity contribution in [3.05, 3.63) is 29.8 Å². The van der Waals surface area contributed by atoms with Gasteiger partial charge >= 0.3 is 0 Å². The number of piperidine rings is 1. The van der Waals surface area contributed by atoms with E-state index in [1.807, 2.05) is 18.2 Å². The number of ether oxygens (including phenoxy) is 1. The minimum atomic E-state index is -0.643. The lowest BCUT2D eigenvalue weighted by atomic mass is 9.60. The number of nitrogens with zero attached hydrogens (tertiary/aromatic N) is 1. The lowest BCUT2D eigenvalue weighted by Gasteiger charge is -2.55. The molecular formula is C25H35N3O3. The second kappa shape index (κ2) is 8.45. The summed E-state index contributed by atoms with van der Waals surface area (Å²) < 4.78 is 6.40. The summed E-state index contributed by atoms with van der Waals surface area (Å²) in [5.41, 5.74) is -0.0397. The number of rotatable bonds is 5. The summed E-state index contributed by atoms with van der Waals surface area (Å²) in [4.78, 5) is 28.2. The maximum Gasteiger partial charge on any atom is 0.258 e. The van der Waals surface area contributed by atoms with E-state index in [1.165, 1.54) is 25.8 Å². The number of likely N-dealkylation sites (tertiary alicyclic amines) is 1. The average molecular weight is 426 g/mol. The van der Waals surface area contributed by atoms with Crippen molar-refractivity contribution in [3.8, 4) is 5.75 Å². The topological polar surface area (TPSA) is 70.7 Å². The molecule has 0 aromatic heterocycles. The minimum Gasteiger partial charge on any atom is -0.467 e. The fourth-order valence-corrected chi connectivity index (χ4v) is 6.40. The molecule has 0 unspecified atom stereocenters. The van der Waals surface area contributed by atoms with Crippen LogP contribution in [0.3, 0.4) is 0 Å². The molecule has 31 heavy (non-hydrogen) atoms. The molecule has 2 N–H and O–H groups in total. The molecular weight excluding hydrogens is 390 g/mol. The van der Waals surface area contributed by atoms with Gasteiger partial charge in [0, 0.05) is 37.4 Å². The lowest BCUT2D eigenvalue weighted by Crippen LogP contribution is -2.66. The van der Waals surface area contributed by atoms with E-state index >= 15 is 0 Å². The van der Waals surface area contributed by atoms with Crippen molar-refractivity contribution in [3.63, 3.8) is 0 Å². The number of benzene rings is 1. The Morgan fingerprint density at radius 3 is 2.94 bits per heavy atom. The SMILES string of the molecule is C[C@@H]1CCCCN1CCCNC(=O)[C@@H]1C[C@@H]2CC[C@@H]1C[C@@]21NC(=O)c2ccccc2O1. The fraction of sp³-hybridized carbons (Fsp3) is 0.680. The summed E-state index contributed by atoms with van der Waals surface area (Å²) in [7, 11) is 0. The third kappa shape index (κ3) is 3.95. The van der Waals surface area contributed by atoms with E-state index in [1.54, 1.807) is 6.07 Å². The predicted molar refractivity (Wildman–Crippen MR) is 119 cm³/mol. The van der Waals surface area contributed by atoms with Gasteiger partial charge in [-0.05, 0) is 70.0 Å². The van der Waals surface area contributed by atoms with Crippen molar-refractivity contribution in [2.75, 3.05) is 19.6 Å². The van der Waals surface area contributed by atoms with E-state index in [4.69, 9.17) is 4.74 Å². The highest BCUT2D eigenvalue weighted by Gasteiger charge is 2.57. The fourth-order valence-electron chi connectivity index (χ4n) is 6.40. The molecule has 4 fully saturated rings. The van der Waals surface area contributed by atoms with E-state index in [0.717, 1.165) is 45.2 Å². The molecule has 5 aliphatic rings. The van der Waals surface area contributed by atoms with Gasteiger partial charge in [-0.3, -0.25) is 9.59 Å².